The maximum absolute atomic E-state index is 8.81. The van der Waals surface area contributed by atoms with Gasteiger partial charge < -0.3 is 10.2 Å². The molecule has 0 fully saturated rings. The fourth-order valence-corrected chi connectivity index (χ4v) is 0.678. The van der Waals surface area contributed by atoms with E-state index in [9.17, 15) is 0 Å². The third-order valence-corrected chi connectivity index (χ3v) is 0.974. The van der Waals surface area contributed by atoms with E-state index in [0.29, 0.717) is 0 Å². The lowest BCUT2D eigenvalue weighted by Crippen LogP contribution is -1.71. The second kappa shape index (κ2) is 1.97. The number of benzene rings is 1. The summed E-state index contributed by atoms with van der Waals surface area (Å²) in [5.74, 6) is 0.0521. The van der Waals surface area contributed by atoms with Crippen LogP contribution in [0.1, 0.15) is 5.56 Å². The zero-order valence-electron chi connectivity index (χ0n) is 5.05. The summed E-state index contributed by atoms with van der Waals surface area (Å²) in [5.41, 5.74) is 0.729. The quantitative estimate of drug-likeness (QED) is 0.544. The van der Waals surface area contributed by atoms with Gasteiger partial charge in [-0.3, -0.25) is 0 Å². The van der Waals surface area contributed by atoms with Gasteiger partial charge in [0.25, 0.3) is 0 Å². The predicted molar refractivity (Wildman–Crippen MR) is 33.3 cm³/mol. The second-order valence-corrected chi connectivity index (χ2v) is 1.91. The van der Waals surface area contributed by atoms with Crippen molar-refractivity contribution >= 4 is 0 Å². The minimum absolute atomic E-state index is 0.0208. The summed E-state index contributed by atoms with van der Waals surface area (Å²) in [6, 6.07) is 5.38. The number of phenols is 2. The van der Waals surface area contributed by atoms with E-state index in [2.05, 4.69) is 6.07 Å². The van der Waals surface area contributed by atoms with Crippen molar-refractivity contribution in [3.63, 3.8) is 0 Å². The number of aromatic hydroxyl groups is 2. The Balaban J connectivity index is 3.17. The average molecular weight is 123 g/mol. The molecule has 0 saturated heterocycles. The summed E-state index contributed by atoms with van der Waals surface area (Å²) in [6.07, 6.45) is 0. The number of aryl methyl sites for hydroxylation is 1. The SMILES string of the molecule is Cc1[c]c(O)cc(O)c1. The molecule has 0 spiro atoms. The monoisotopic (exact) mass is 123 g/mol. The van der Waals surface area contributed by atoms with Crippen LogP contribution in [0, 0.1) is 13.0 Å². The summed E-state index contributed by atoms with van der Waals surface area (Å²) in [6.45, 7) is 1.75. The highest BCUT2D eigenvalue weighted by atomic mass is 16.3. The highest BCUT2D eigenvalue weighted by molar-refractivity contribution is 5.34. The molecule has 9 heavy (non-hydrogen) atoms. The first kappa shape index (κ1) is 5.95. The van der Waals surface area contributed by atoms with Crippen molar-refractivity contribution in [2.75, 3.05) is 0 Å². The molecule has 1 rings (SSSR count). The van der Waals surface area contributed by atoms with Crippen LogP contribution in [0.3, 0.4) is 0 Å². The molecular formula is C7H7O2. The van der Waals surface area contributed by atoms with E-state index in [1.807, 2.05) is 0 Å². The van der Waals surface area contributed by atoms with Gasteiger partial charge in [-0.05, 0) is 18.6 Å². The predicted octanol–water partition coefficient (Wildman–Crippen LogP) is 1.21. The van der Waals surface area contributed by atoms with Crippen LogP contribution in [0.2, 0.25) is 0 Å². The highest BCUT2D eigenvalue weighted by Gasteiger charge is 1.92. The molecule has 2 N–H and O–H groups in total. The Hall–Kier alpha value is -1.18. The largest absolute Gasteiger partial charge is 0.508 e. The number of rotatable bonds is 0. The lowest BCUT2D eigenvalue weighted by atomic mass is 10.2. The van der Waals surface area contributed by atoms with Crippen LogP contribution in [0.25, 0.3) is 0 Å². The summed E-state index contributed by atoms with van der Waals surface area (Å²) in [5, 5.41) is 17.6. The Morgan fingerprint density at radius 2 is 2.00 bits per heavy atom. The average Bonchev–Trinajstić information content (AvgIpc) is 1.59. The molecule has 1 radical (unpaired) electrons. The van der Waals surface area contributed by atoms with Crippen molar-refractivity contribution in [2.45, 2.75) is 6.92 Å². The number of hydrogen-bond donors (Lipinski definition) is 2. The van der Waals surface area contributed by atoms with Gasteiger partial charge in [0.15, 0.2) is 0 Å². The van der Waals surface area contributed by atoms with Gasteiger partial charge in [-0.15, -0.1) is 0 Å². The minimum atomic E-state index is -0.0208. The third-order valence-electron chi connectivity index (χ3n) is 0.974. The standard InChI is InChI=1S/C7H7O2/c1-5-2-6(8)4-7(9)3-5/h2,4,8-9H,1H3. The fraction of sp³-hybridized carbons (Fsp3) is 0.143. The van der Waals surface area contributed by atoms with Crippen LogP contribution in [0.15, 0.2) is 12.1 Å². The Morgan fingerprint density at radius 1 is 1.33 bits per heavy atom. The molecule has 2 nitrogen and oxygen atoms in total. The molecule has 0 bridgehead atoms. The normalized spacial score (nSPS) is 9.44. The summed E-state index contributed by atoms with van der Waals surface area (Å²) < 4.78 is 0. The molecule has 1 aromatic carbocycles. The molecule has 0 atom stereocenters. The van der Waals surface area contributed by atoms with Gasteiger partial charge in [0.1, 0.15) is 11.5 Å². The van der Waals surface area contributed by atoms with Crippen LogP contribution in [0.5, 0.6) is 11.5 Å². The van der Waals surface area contributed by atoms with Gasteiger partial charge in [-0.25, -0.2) is 0 Å². The van der Waals surface area contributed by atoms with Gasteiger partial charge in [0.05, 0.1) is 0 Å². The summed E-state index contributed by atoms with van der Waals surface area (Å²) in [7, 11) is 0. The maximum atomic E-state index is 8.81. The minimum Gasteiger partial charge on any atom is -0.508 e. The molecule has 2 heteroatoms. The fourth-order valence-electron chi connectivity index (χ4n) is 0.678. The lowest BCUT2D eigenvalue weighted by molar-refractivity contribution is 0.449. The molecule has 0 amide bonds. The topological polar surface area (TPSA) is 40.5 Å². The van der Waals surface area contributed by atoms with Crippen molar-refractivity contribution in [1.82, 2.24) is 0 Å². The van der Waals surface area contributed by atoms with E-state index in [4.69, 9.17) is 10.2 Å². The number of hydrogen-bond acceptors (Lipinski definition) is 2. The Morgan fingerprint density at radius 3 is 2.44 bits per heavy atom. The molecule has 0 saturated carbocycles. The first-order valence-corrected chi connectivity index (χ1v) is 2.60. The van der Waals surface area contributed by atoms with E-state index in [-0.39, 0.29) is 11.5 Å². The first-order chi connectivity index (χ1) is 4.18. The highest BCUT2D eigenvalue weighted by Crippen LogP contribution is 2.18. The molecule has 0 aromatic heterocycles. The van der Waals surface area contributed by atoms with Gasteiger partial charge >= 0.3 is 0 Å². The zero-order valence-corrected chi connectivity index (χ0v) is 5.05. The molecule has 0 heterocycles. The molecular weight excluding hydrogens is 116 g/mol. The molecule has 0 aliphatic carbocycles. The zero-order chi connectivity index (χ0) is 6.85. The van der Waals surface area contributed by atoms with Crippen LogP contribution < -0.4 is 0 Å². The molecule has 0 unspecified atom stereocenters. The van der Waals surface area contributed by atoms with Gasteiger partial charge in [-0.2, -0.15) is 0 Å². The van der Waals surface area contributed by atoms with Crippen LogP contribution >= 0.6 is 0 Å². The van der Waals surface area contributed by atoms with Crippen molar-refractivity contribution in [3.8, 4) is 11.5 Å². The van der Waals surface area contributed by atoms with Gasteiger partial charge in [0, 0.05) is 12.1 Å². The van der Waals surface area contributed by atoms with Crippen molar-refractivity contribution in [3.05, 3.63) is 23.8 Å². The third kappa shape index (κ3) is 1.35. The molecule has 0 aliphatic heterocycles. The van der Waals surface area contributed by atoms with Crippen molar-refractivity contribution < 1.29 is 10.2 Å². The Bertz CT molecular complexity index is 168. The van der Waals surface area contributed by atoms with Gasteiger partial charge in [-0.1, -0.05) is 0 Å². The molecule has 1 aromatic rings. The van der Waals surface area contributed by atoms with Crippen molar-refractivity contribution in [2.24, 2.45) is 0 Å². The van der Waals surface area contributed by atoms with Gasteiger partial charge in [0.2, 0.25) is 0 Å². The summed E-state index contributed by atoms with van der Waals surface area (Å²) in [4.78, 5) is 0. The van der Waals surface area contributed by atoms with Crippen LogP contribution in [0.4, 0.5) is 0 Å². The smallest absolute Gasteiger partial charge is 0.127 e. The Labute approximate surface area is 53.4 Å². The van der Waals surface area contributed by atoms with E-state index < -0.39 is 0 Å². The van der Waals surface area contributed by atoms with E-state index in [1.54, 1.807) is 6.92 Å². The first-order valence-electron chi connectivity index (χ1n) is 2.60. The number of phenolic OH excluding ortho intramolecular Hbond substituents is 2. The van der Waals surface area contributed by atoms with E-state index >= 15 is 0 Å². The molecule has 47 valence electrons. The van der Waals surface area contributed by atoms with Crippen molar-refractivity contribution in [1.29, 1.82) is 0 Å². The maximum Gasteiger partial charge on any atom is 0.127 e. The van der Waals surface area contributed by atoms with E-state index in [0.717, 1.165) is 5.56 Å². The van der Waals surface area contributed by atoms with Crippen LogP contribution in [-0.4, -0.2) is 10.2 Å². The lowest BCUT2D eigenvalue weighted by Gasteiger charge is -1.94. The van der Waals surface area contributed by atoms with E-state index in [1.165, 1.54) is 12.1 Å². The molecule has 0 aliphatic rings. The van der Waals surface area contributed by atoms with Crippen LogP contribution in [-0.2, 0) is 0 Å². The summed E-state index contributed by atoms with van der Waals surface area (Å²) >= 11 is 0. The Kier molecular flexibility index (Phi) is 1.30. The second-order valence-electron chi connectivity index (χ2n) is 1.91.